The van der Waals surface area contributed by atoms with E-state index in [-0.39, 0.29) is 5.91 Å². The number of hydrogen-bond acceptors (Lipinski definition) is 3. The van der Waals surface area contributed by atoms with Crippen LogP contribution < -0.4 is 11.1 Å². The third-order valence-electron chi connectivity index (χ3n) is 4.07. The molecule has 1 saturated heterocycles. The number of amides is 1. The van der Waals surface area contributed by atoms with E-state index >= 15 is 0 Å². The van der Waals surface area contributed by atoms with Gasteiger partial charge in [-0.2, -0.15) is 0 Å². The maximum Gasteiger partial charge on any atom is 0.287 e. The minimum atomic E-state index is -0.176. The highest BCUT2D eigenvalue weighted by atomic mass is 16.3. The summed E-state index contributed by atoms with van der Waals surface area (Å²) in [5.41, 5.74) is 6.85. The molecule has 3 N–H and O–H groups in total. The Hall–Kier alpha value is -1.98. The zero-order valence-electron chi connectivity index (χ0n) is 13.5. The molecule has 0 unspecified atom stereocenters. The molecule has 1 fully saturated rings. The molecule has 122 valence electrons. The second kappa shape index (κ2) is 7.87. The predicted octanol–water partition coefficient (Wildman–Crippen LogP) is 1.75. The Morgan fingerprint density at radius 3 is 2.86 bits per heavy atom. The maximum absolute atomic E-state index is 11.8. The van der Waals surface area contributed by atoms with Crippen molar-refractivity contribution in [3.8, 4) is 0 Å². The molecule has 6 nitrogen and oxygen atoms in total. The molecular formula is C16H26N4O2. The fraction of sp³-hybridized carbons (Fsp3) is 0.625. The molecule has 0 radical (unpaired) electrons. The summed E-state index contributed by atoms with van der Waals surface area (Å²) in [6.45, 7) is 7.29. The molecule has 1 amide bonds. The predicted molar refractivity (Wildman–Crippen MR) is 86.9 cm³/mol. The Morgan fingerprint density at radius 1 is 1.50 bits per heavy atom. The van der Waals surface area contributed by atoms with Gasteiger partial charge in [-0.15, -0.1) is 0 Å². The number of carbonyl (C=O) groups excluding carboxylic acids is 1. The van der Waals surface area contributed by atoms with Crippen LogP contribution >= 0.6 is 0 Å². The Kier molecular flexibility index (Phi) is 5.86. The van der Waals surface area contributed by atoms with Crippen molar-refractivity contribution in [2.75, 3.05) is 26.2 Å². The lowest BCUT2D eigenvalue weighted by molar-refractivity contribution is 0.0925. The molecule has 1 aromatic rings. The third-order valence-corrected chi connectivity index (χ3v) is 4.07. The van der Waals surface area contributed by atoms with Crippen molar-refractivity contribution < 1.29 is 9.21 Å². The van der Waals surface area contributed by atoms with Crippen LogP contribution in [0.2, 0.25) is 0 Å². The lowest BCUT2D eigenvalue weighted by Crippen LogP contribution is -2.42. The summed E-state index contributed by atoms with van der Waals surface area (Å²) in [5.74, 6) is 1.61. The molecule has 0 aromatic carbocycles. The molecule has 1 aliphatic heterocycles. The first-order valence-corrected chi connectivity index (χ1v) is 7.95. The number of nitrogens with two attached hydrogens (primary N) is 1. The molecule has 0 atom stereocenters. The molecule has 0 bridgehead atoms. The first kappa shape index (κ1) is 16.4. The zero-order chi connectivity index (χ0) is 15.9. The number of nitrogens with one attached hydrogen (secondary N) is 1. The van der Waals surface area contributed by atoms with Crippen molar-refractivity contribution in [2.24, 2.45) is 16.6 Å². The number of aryl methyl sites for hydroxylation is 1. The average Bonchev–Trinajstić information content (AvgIpc) is 2.93. The summed E-state index contributed by atoms with van der Waals surface area (Å²) in [5, 5.41) is 2.83. The molecular weight excluding hydrogens is 280 g/mol. The summed E-state index contributed by atoms with van der Waals surface area (Å²) >= 11 is 0. The monoisotopic (exact) mass is 306 g/mol. The van der Waals surface area contributed by atoms with E-state index in [0.717, 1.165) is 31.0 Å². The van der Waals surface area contributed by atoms with Gasteiger partial charge >= 0.3 is 0 Å². The number of rotatable bonds is 5. The number of guanidine groups is 1. The van der Waals surface area contributed by atoms with E-state index in [1.165, 1.54) is 19.1 Å². The molecule has 1 aromatic heterocycles. The van der Waals surface area contributed by atoms with Crippen LogP contribution in [0.15, 0.2) is 21.7 Å². The highest BCUT2D eigenvalue weighted by Gasteiger charge is 2.16. The summed E-state index contributed by atoms with van der Waals surface area (Å²) in [6.07, 6.45) is 4.63. The van der Waals surface area contributed by atoms with Gasteiger partial charge in [0.25, 0.3) is 5.91 Å². The second-order valence-corrected chi connectivity index (χ2v) is 5.95. The van der Waals surface area contributed by atoms with Gasteiger partial charge in [0.2, 0.25) is 0 Å². The van der Waals surface area contributed by atoms with E-state index in [4.69, 9.17) is 10.2 Å². The number of aliphatic imine (C=N–C) groups is 1. The van der Waals surface area contributed by atoms with Gasteiger partial charge in [0, 0.05) is 31.7 Å². The SMILES string of the molecule is Cc1ccoc1C(=O)NCCCN=C(N)N1CCC(C)CC1. The van der Waals surface area contributed by atoms with Crippen molar-refractivity contribution in [3.05, 3.63) is 23.7 Å². The third kappa shape index (κ3) is 4.51. The van der Waals surface area contributed by atoms with Crippen LogP contribution in [0.4, 0.5) is 0 Å². The summed E-state index contributed by atoms with van der Waals surface area (Å²) in [4.78, 5) is 18.4. The number of piperidine rings is 1. The van der Waals surface area contributed by atoms with Crippen LogP contribution in [0.1, 0.15) is 42.3 Å². The normalized spacial score (nSPS) is 16.8. The Labute approximate surface area is 131 Å². The molecule has 0 saturated carbocycles. The maximum atomic E-state index is 11.8. The zero-order valence-corrected chi connectivity index (χ0v) is 13.5. The largest absolute Gasteiger partial charge is 0.459 e. The van der Waals surface area contributed by atoms with E-state index in [9.17, 15) is 4.79 Å². The van der Waals surface area contributed by atoms with Gasteiger partial charge in [-0.05, 0) is 38.2 Å². The minimum absolute atomic E-state index is 0.176. The van der Waals surface area contributed by atoms with Crippen molar-refractivity contribution in [2.45, 2.75) is 33.1 Å². The van der Waals surface area contributed by atoms with E-state index < -0.39 is 0 Å². The van der Waals surface area contributed by atoms with Crippen LogP contribution in [0.25, 0.3) is 0 Å². The highest BCUT2D eigenvalue weighted by molar-refractivity contribution is 5.92. The van der Waals surface area contributed by atoms with Crippen LogP contribution in [-0.4, -0.2) is 42.9 Å². The smallest absolute Gasteiger partial charge is 0.287 e. The van der Waals surface area contributed by atoms with Crippen molar-refractivity contribution in [3.63, 3.8) is 0 Å². The number of hydrogen-bond donors (Lipinski definition) is 2. The van der Waals surface area contributed by atoms with Crippen molar-refractivity contribution >= 4 is 11.9 Å². The lowest BCUT2D eigenvalue weighted by Gasteiger charge is -2.31. The van der Waals surface area contributed by atoms with Gasteiger partial charge in [0.1, 0.15) is 0 Å². The van der Waals surface area contributed by atoms with Gasteiger partial charge in [-0.3, -0.25) is 9.79 Å². The van der Waals surface area contributed by atoms with Crippen LogP contribution in [0.3, 0.4) is 0 Å². The van der Waals surface area contributed by atoms with Crippen molar-refractivity contribution in [1.29, 1.82) is 0 Å². The summed E-state index contributed by atoms with van der Waals surface area (Å²) in [7, 11) is 0. The Balaban J connectivity index is 1.65. The number of nitrogens with zero attached hydrogens (tertiary/aromatic N) is 2. The Bertz CT molecular complexity index is 516. The molecule has 0 aliphatic carbocycles. The standard InChI is InChI=1S/C16H26N4O2/c1-12-4-9-20(10-5-12)16(17)19-8-3-7-18-15(21)14-13(2)6-11-22-14/h6,11-12H,3-5,7-10H2,1-2H3,(H2,17,19)(H,18,21). The summed E-state index contributed by atoms with van der Waals surface area (Å²) < 4.78 is 5.14. The molecule has 0 spiro atoms. The first-order valence-electron chi connectivity index (χ1n) is 7.95. The first-order chi connectivity index (χ1) is 10.6. The van der Waals surface area contributed by atoms with Gasteiger partial charge in [-0.25, -0.2) is 0 Å². The second-order valence-electron chi connectivity index (χ2n) is 5.95. The molecule has 2 rings (SSSR count). The van der Waals surface area contributed by atoms with Crippen molar-refractivity contribution in [1.82, 2.24) is 10.2 Å². The van der Waals surface area contributed by atoms with Gasteiger partial charge in [0.15, 0.2) is 11.7 Å². The van der Waals surface area contributed by atoms with Gasteiger partial charge < -0.3 is 20.4 Å². The van der Waals surface area contributed by atoms with Gasteiger partial charge in [-0.1, -0.05) is 6.92 Å². The van der Waals surface area contributed by atoms with Gasteiger partial charge in [0.05, 0.1) is 6.26 Å². The molecule has 22 heavy (non-hydrogen) atoms. The number of carbonyl (C=O) groups is 1. The Morgan fingerprint density at radius 2 is 2.23 bits per heavy atom. The minimum Gasteiger partial charge on any atom is -0.459 e. The van der Waals surface area contributed by atoms with Crippen LogP contribution in [-0.2, 0) is 0 Å². The molecule has 1 aliphatic rings. The fourth-order valence-corrected chi connectivity index (χ4v) is 2.50. The number of furan rings is 1. The van der Waals surface area contributed by atoms with Crippen LogP contribution in [0, 0.1) is 12.8 Å². The van der Waals surface area contributed by atoms with E-state index in [0.29, 0.717) is 24.8 Å². The van der Waals surface area contributed by atoms with E-state index in [2.05, 4.69) is 22.1 Å². The summed E-state index contributed by atoms with van der Waals surface area (Å²) in [6, 6.07) is 1.78. The molecule has 2 heterocycles. The fourth-order valence-electron chi connectivity index (χ4n) is 2.50. The number of likely N-dealkylation sites (tertiary alicyclic amines) is 1. The van der Waals surface area contributed by atoms with E-state index in [1.54, 1.807) is 6.07 Å². The topological polar surface area (TPSA) is 83.9 Å². The lowest BCUT2D eigenvalue weighted by atomic mass is 10.00. The highest BCUT2D eigenvalue weighted by Crippen LogP contribution is 2.15. The van der Waals surface area contributed by atoms with E-state index in [1.807, 2.05) is 6.92 Å². The average molecular weight is 306 g/mol. The quantitative estimate of drug-likeness (QED) is 0.493. The molecule has 6 heteroatoms. The van der Waals surface area contributed by atoms with Crippen LogP contribution in [0.5, 0.6) is 0 Å².